The number of nitrogens with one attached hydrogen (secondary N) is 1. The highest BCUT2D eigenvalue weighted by atomic mass is 32.2. The van der Waals surface area contributed by atoms with Gasteiger partial charge in [-0.1, -0.05) is 13.8 Å². The summed E-state index contributed by atoms with van der Waals surface area (Å²) in [5, 5.41) is 0. The van der Waals surface area contributed by atoms with E-state index < -0.39 is 0 Å². The van der Waals surface area contributed by atoms with Crippen LogP contribution < -0.4 is 4.72 Å². The molecule has 0 radical (unpaired) electrons. The highest BCUT2D eigenvalue weighted by Crippen LogP contribution is 2.01. The number of hydrogen-bond donors (Lipinski definition) is 1. The Morgan fingerprint density at radius 2 is 2.11 bits per heavy atom. The Morgan fingerprint density at radius 3 is 2.44 bits per heavy atom. The third-order valence-electron chi connectivity index (χ3n) is 1.12. The minimum atomic E-state index is 0.561. The average molecular weight is 146 g/mol. The summed E-state index contributed by atoms with van der Waals surface area (Å²) in [6.07, 6.45) is 0. The maximum Gasteiger partial charge on any atom is 0.0582 e. The van der Waals surface area contributed by atoms with Crippen LogP contribution in [0.1, 0.15) is 20.8 Å². The van der Waals surface area contributed by atoms with Crippen molar-refractivity contribution in [2.24, 2.45) is 10.3 Å². The third kappa shape index (κ3) is 4.48. The first-order chi connectivity index (χ1) is 4.18. The molecule has 9 heavy (non-hydrogen) atoms. The summed E-state index contributed by atoms with van der Waals surface area (Å²) in [5.41, 5.74) is 1.18. The van der Waals surface area contributed by atoms with Gasteiger partial charge in [0.05, 0.1) is 12.1 Å². The standard InChI is InChI=1S/C6H14N2S/c1-5(2)6(3)8-9-7-4/h5,7H,1-4H3/b8-6+. The minimum Gasteiger partial charge on any atom is -0.247 e. The molecule has 0 aromatic heterocycles. The zero-order chi connectivity index (χ0) is 7.28. The van der Waals surface area contributed by atoms with E-state index in [9.17, 15) is 0 Å². The maximum atomic E-state index is 4.16. The molecule has 0 aliphatic rings. The van der Waals surface area contributed by atoms with Gasteiger partial charge in [0, 0.05) is 5.71 Å². The van der Waals surface area contributed by atoms with Crippen LogP contribution in [0.2, 0.25) is 0 Å². The van der Waals surface area contributed by atoms with Gasteiger partial charge >= 0.3 is 0 Å². The quantitative estimate of drug-likeness (QED) is 0.485. The molecule has 2 nitrogen and oxygen atoms in total. The molecule has 0 aromatic carbocycles. The highest BCUT2D eigenvalue weighted by molar-refractivity contribution is 7.96. The minimum absolute atomic E-state index is 0.561. The van der Waals surface area contributed by atoms with Gasteiger partial charge < -0.3 is 0 Å². The maximum absolute atomic E-state index is 4.16. The van der Waals surface area contributed by atoms with Crippen molar-refractivity contribution >= 4 is 17.8 Å². The molecule has 0 bridgehead atoms. The molecule has 0 unspecified atom stereocenters. The van der Waals surface area contributed by atoms with E-state index in [2.05, 4.69) is 23.0 Å². The molecule has 3 heteroatoms. The highest BCUT2D eigenvalue weighted by Gasteiger charge is 1.95. The molecular formula is C6H14N2S. The van der Waals surface area contributed by atoms with Gasteiger partial charge in [0.25, 0.3) is 0 Å². The van der Waals surface area contributed by atoms with E-state index in [-0.39, 0.29) is 0 Å². The van der Waals surface area contributed by atoms with Crippen molar-refractivity contribution in [3.63, 3.8) is 0 Å². The van der Waals surface area contributed by atoms with Crippen LogP contribution in [-0.4, -0.2) is 12.8 Å². The smallest absolute Gasteiger partial charge is 0.0582 e. The predicted octanol–water partition coefficient (Wildman–Crippen LogP) is 1.89. The molecule has 0 rings (SSSR count). The molecule has 0 aliphatic heterocycles. The average Bonchev–Trinajstić information content (AvgIpc) is 1.82. The Bertz CT molecular complexity index is 99.2. The van der Waals surface area contributed by atoms with E-state index in [1.54, 1.807) is 0 Å². The molecule has 0 spiro atoms. The molecule has 0 amide bonds. The summed E-state index contributed by atoms with van der Waals surface area (Å²) < 4.78 is 7.05. The molecule has 0 aromatic rings. The zero-order valence-electron chi connectivity index (χ0n) is 6.43. The largest absolute Gasteiger partial charge is 0.247 e. The van der Waals surface area contributed by atoms with Crippen LogP contribution in [0.15, 0.2) is 4.40 Å². The van der Waals surface area contributed by atoms with Crippen molar-refractivity contribution in [2.75, 3.05) is 7.05 Å². The summed E-state index contributed by atoms with van der Waals surface area (Å²) in [6.45, 7) is 6.30. The van der Waals surface area contributed by atoms with E-state index in [4.69, 9.17) is 0 Å². The number of rotatable bonds is 3. The molecule has 0 saturated carbocycles. The SMILES string of the molecule is CNS/N=C(\C)C(C)C. The molecule has 0 fully saturated rings. The second kappa shape index (κ2) is 4.82. The van der Waals surface area contributed by atoms with E-state index in [1.807, 2.05) is 14.0 Å². The summed E-state index contributed by atoms with van der Waals surface area (Å²) >= 11 is 1.38. The summed E-state index contributed by atoms with van der Waals surface area (Å²) in [5.74, 6) is 0.561. The van der Waals surface area contributed by atoms with Crippen LogP contribution >= 0.6 is 12.1 Å². The van der Waals surface area contributed by atoms with Crippen molar-refractivity contribution in [1.82, 2.24) is 4.72 Å². The summed E-state index contributed by atoms with van der Waals surface area (Å²) in [6, 6.07) is 0. The topological polar surface area (TPSA) is 24.4 Å². The first-order valence-electron chi connectivity index (χ1n) is 3.05. The predicted molar refractivity (Wildman–Crippen MR) is 44.6 cm³/mol. The lowest BCUT2D eigenvalue weighted by molar-refractivity contribution is 0.882. The van der Waals surface area contributed by atoms with Crippen molar-refractivity contribution < 1.29 is 0 Å². The van der Waals surface area contributed by atoms with E-state index in [0.29, 0.717) is 5.92 Å². The molecular weight excluding hydrogens is 132 g/mol. The fraction of sp³-hybridized carbons (Fsp3) is 0.833. The molecule has 0 atom stereocenters. The van der Waals surface area contributed by atoms with Gasteiger partial charge in [0.15, 0.2) is 0 Å². The first-order valence-corrected chi connectivity index (χ1v) is 3.83. The zero-order valence-corrected chi connectivity index (χ0v) is 7.25. The number of hydrogen-bond acceptors (Lipinski definition) is 3. The van der Waals surface area contributed by atoms with Gasteiger partial charge in [-0.15, -0.1) is 0 Å². The lowest BCUT2D eigenvalue weighted by Gasteiger charge is -2.00. The Labute approximate surface area is 61.4 Å². The van der Waals surface area contributed by atoms with Gasteiger partial charge in [-0.2, -0.15) is 0 Å². The van der Waals surface area contributed by atoms with Crippen LogP contribution in [0, 0.1) is 5.92 Å². The Hall–Kier alpha value is -0.0200. The monoisotopic (exact) mass is 146 g/mol. The Kier molecular flexibility index (Phi) is 4.81. The van der Waals surface area contributed by atoms with E-state index >= 15 is 0 Å². The van der Waals surface area contributed by atoms with Gasteiger partial charge in [-0.05, 0) is 19.9 Å². The van der Waals surface area contributed by atoms with Crippen LogP contribution in [0.25, 0.3) is 0 Å². The van der Waals surface area contributed by atoms with Gasteiger partial charge in [-0.3, -0.25) is 0 Å². The molecule has 0 aliphatic carbocycles. The summed E-state index contributed by atoms with van der Waals surface area (Å²) in [4.78, 5) is 0. The lowest BCUT2D eigenvalue weighted by Crippen LogP contribution is -2.01. The first kappa shape index (κ1) is 8.98. The Balaban J connectivity index is 3.55. The van der Waals surface area contributed by atoms with Gasteiger partial charge in [0.1, 0.15) is 0 Å². The van der Waals surface area contributed by atoms with Gasteiger partial charge in [0.2, 0.25) is 0 Å². The van der Waals surface area contributed by atoms with Gasteiger partial charge in [-0.25, -0.2) is 9.12 Å². The fourth-order valence-electron chi connectivity index (χ4n) is 0.223. The second-order valence-corrected chi connectivity index (χ2v) is 2.96. The third-order valence-corrected chi connectivity index (χ3v) is 1.68. The fourth-order valence-corrected chi connectivity index (χ4v) is 0.669. The molecule has 54 valence electrons. The van der Waals surface area contributed by atoms with Crippen LogP contribution in [0.4, 0.5) is 0 Å². The van der Waals surface area contributed by atoms with E-state index in [0.717, 1.165) is 0 Å². The van der Waals surface area contributed by atoms with Crippen molar-refractivity contribution in [2.45, 2.75) is 20.8 Å². The second-order valence-electron chi connectivity index (χ2n) is 2.18. The Morgan fingerprint density at radius 1 is 1.56 bits per heavy atom. The normalized spacial score (nSPS) is 12.8. The summed E-state index contributed by atoms with van der Waals surface area (Å²) in [7, 11) is 1.86. The van der Waals surface area contributed by atoms with Crippen molar-refractivity contribution in [3.8, 4) is 0 Å². The van der Waals surface area contributed by atoms with Crippen molar-refractivity contribution in [1.29, 1.82) is 0 Å². The van der Waals surface area contributed by atoms with Crippen LogP contribution in [0.3, 0.4) is 0 Å². The van der Waals surface area contributed by atoms with Crippen LogP contribution in [-0.2, 0) is 0 Å². The molecule has 0 heterocycles. The number of nitrogens with zero attached hydrogens (tertiary/aromatic N) is 1. The van der Waals surface area contributed by atoms with Crippen molar-refractivity contribution in [3.05, 3.63) is 0 Å². The lowest BCUT2D eigenvalue weighted by atomic mass is 10.1. The molecule has 1 N–H and O–H groups in total. The molecule has 0 saturated heterocycles. The van der Waals surface area contributed by atoms with E-state index in [1.165, 1.54) is 17.8 Å². The van der Waals surface area contributed by atoms with Crippen LogP contribution in [0.5, 0.6) is 0 Å².